The standard InChI is InChI=1S/C22H26N2O3S/c1-15-20(28-21(23-15)17-9-3-2-4-10-17)22(26)27-14-19(25)24-13-7-11-16-8-5-6-12-18(16)24/h2-4,9-10,16,18H,5-8,11-14H2,1H3/t16-,18-/m0/s1. The molecule has 5 nitrogen and oxygen atoms in total. The molecule has 0 N–H and O–H groups in total. The third-order valence-electron chi connectivity index (χ3n) is 5.89. The molecule has 2 heterocycles. The summed E-state index contributed by atoms with van der Waals surface area (Å²) in [5.74, 6) is 0.109. The van der Waals surface area contributed by atoms with Crippen LogP contribution in [0.1, 0.15) is 53.9 Å². The van der Waals surface area contributed by atoms with Crippen LogP contribution in [-0.2, 0) is 9.53 Å². The zero-order valence-electron chi connectivity index (χ0n) is 16.2. The fourth-order valence-corrected chi connectivity index (χ4v) is 5.47. The minimum absolute atomic E-state index is 0.0598. The van der Waals surface area contributed by atoms with Crippen LogP contribution in [0.4, 0.5) is 0 Å². The maximum absolute atomic E-state index is 12.7. The van der Waals surface area contributed by atoms with E-state index in [1.165, 1.54) is 37.0 Å². The average Bonchev–Trinajstić information content (AvgIpc) is 3.14. The number of rotatable bonds is 4. The molecular formula is C22H26N2O3S. The van der Waals surface area contributed by atoms with E-state index < -0.39 is 5.97 Å². The van der Waals surface area contributed by atoms with E-state index in [9.17, 15) is 9.59 Å². The van der Waals surface area contributed by atoms with Crippen LogP contribution in [0.3, 0.4) is 0 Å². The van der Waals surface area contributed by atoms with Gasteiger partial charge in [-0.1, -0.05) is 43.2 Å². The van der Waals surface area contributed by atoms with Gasteiger partial charge in [-0.2, -0.15) is 0 Å². The number of nitrogens with zero attached hydrogens (tertiary/aromatic N) is 2. The first-order valence-corrected chi connectivity index (χ1v) is 10.9. The molecule has 1 amide bonds. The van der Waals surface area contributed by atoms with E-state index in [-0.39, 0.29) is 12.5 Å². The lowest BCUT2D eigenvalue weighted by Gasteiger charge is -2.44. The summed E-state index contributed by atoms with van der Waals surface area (Å²) < 4.78 is 5.39. The van der Waals surface area contributed by atoms with Gasteiger partial charge < -0.3 is 9.64 Å². The van der Waals surface area contributed by atoms with Gasteiger partial charge in [-0.25, -0.2) is 9.78 Å². The first-order valence-electron chi connectivity index (χ1n) is 10.1. The molecule has 0 bridgehead atoms. The molecule has 1 saturated heterocycles. The monoisotopic (exact) mass is 398 g/mol. The molecule has 0 radical (unpaired) electrons. The second-order valence-electron chi connectivity index (χ2n) is 7.72. The number of piperidine rings is 1. The van der Waals surface area contributed by atoms with Gasteiger partial charge in [-0.05, 0) is 38.5 Å². The van der Waals surface area contributed by atoms with Crippen LogP contribution in [0.2, 0.25) is 0 Å². The van der Waals surface area contributed by atoms with Crippen molar-refractivity contribution in [3.63, 3.8) is 0 Å². The van der Waals surface area contributed by atoms with Crippen LogP contribution in [0.25, 0.3) is 10.6 Å². The van der Waals surface area contributed by atoms with Crippen molar-refractivity contribution in [3.8, 4) is 10.6 Å². The van der Waals surface area contributed by atoms with Crippen molar-refractivity contribution in [1.82, 2.24) is 9.88 Å². The molecule has 1 aliphatic carbocycles. The Morgan fingerprint density at radius 1 is 1.14 bits per heavy atom. The van der Waals surface area contributed by atoms with E-state index in [1.807, 2.05) is 35.2 Å². The minimum Gasteiger partial charge on any atom is -0.451 e. The molecule has 148 valence electrons. The van der Waals surface area contributed by atoms with E-state index in [4.69, 9.17) is 4.74 Å². The van der Waals surface area contributed by atoms with Crippen molar-refractivity contribution in [1.29, 1.82) is 0 Å². The van der Waals surface area contributed by atoms with Crippen LogP contribution in [-0.4, -0.2) is 41.0 Å². The van der Waals surface area contributed by atoms with Gasteiger partial charge in [0.15, 0.2) is 6.61 Å². The lowest BCUT2D eigenvalue weighted by atomic mass is 9.78. The molecule has 2 fully saturated rings. The number of aryl methyl sites for hydroxylation is 1. The van der Waals surface area contributed by atoms with Gasteiger partial charge >= 0.3 is 5.97 Å². The summed E-state index contributed by atoms with van der Waals surface area (Å²) >= 11 is 1.32. The van der Waals surface area contributed by atoms with Gasteiger partial charge in [-0.3, -0.25) is 4.79 Å². The molecule has 1 aliphatic heterocycles. The van der Waals surface area contributed by atoms with Crippen LogP contribution < -0.4 is 0 Å². The van der Waals surface area contributed by atoms with E-state index in [2.05, 4.69) is 4.98 Å². The number of amides is 1. The molecule has 6 heteroatoms. The van der Waals surface area contributed by atoms with Crippen molar-refractivity contribution in [2.45, 2.75) is 51.5 Å². The van der Waals surface area contributed by atoms with E-state index >= 15 is 0 Å². The zero-order valence-corrected chi connectivity index (χ0v) is 17.0. The summed E-state index contributed by atoms with van der Waals surface area (Å²) in [4.78, 5) is 32.2. The Balaban J connectivity index is 1.39. The van der Waals surface area contributed by atoms with E-state index in [0.717, 1.165) is 30.0 Å². The third-order valence-corrected chi connectivity index (χ3v) is 7.08. The van der Waals surface area contributed by atoms with E-state index in [1.54, 1.807) is 6.92 Å². The highest BCUT2D eigenvalue weighted by molar-refractivity contribution is 7.17. The fourth-order valence-electron chi connectivity index (χ4n) is 4.50. The first kappa shape index (κ1) is 19.1. The molecular weight excluding hydrogens is 372 g/mol. The van der Waals surface area contributed by atoms with Crippen LogP contribution in [0, 0.1) is 12.8 Å². The van der Waals surface area contributed by atoms with Crippen molar-refractivity contribution >= 4 is 23.2 Å². The summed E-state index contributed by atoms with van der Waals surface area (Å²) in [6, 6.07) is 10.1. The van der Waals surface area contributed by atoms with Gasteiger partial charge in [0.05, 0.1) is 5.69 Å². The maximum atomic E-state index is 12.7. The van der Waals surface area contributed by atoms with Gasteiger partial charge in [0, 0.05) is 18.2 Å². The quantitative estimate of drug-likeness (QED) is 0.714. The van der Waals surface area contributed by atoms with Gasteiger partial charge in [0.1, 0.15) is 9.88 Å². The number of likely N-dealkylation sites (tertiary alicyclic amines) is 1. The topological polar surface area (TPSA) is 59.5 Å². The molecule has 4 rings (SSSR count). The predicted molar refractivity (Wildman–Crippen MR) is 109 cm³/mol. The predicted octanol–water partition coefficient (Wildman–Crippen LogP) is 4.46. The number of aromatic nitrogens is 1. The van der Waals surface area contributed by atoms with Crippen molar-refractivity contribution in [2.24, 2.45) is 5.92 Å². The van der Waals surface area contributed by atoms with E-state index in [0.29, 0.717) is 22.5 Å². The lowest BCUT2D eigenvalue weighted by molar-refractivity contribution is -0.140. The summed E-state index contributed by atoms with van der Waals surface area (Å²) in [5.41, 5.74) is 1.62. The summed E-state index contributed by atoms with van der Waals surface area (Å²) in [6.45, 7) is 2.41. The molecule has 2 aliphatic rings. The third kappa shape index (κ3) is 3.97. The Morgan fingerprint density at radius 2 is 1.89 bits per heavy atom. The number of benzene rings is 1. The van der Waals surface area contributed by atoms with Crippen LogP contribution in [0.5, 0.6) is 0 Å². The second kappa shape index (κ2) is 8.43. The largest absolute Gasteiger partial charge is 0.451 e. The molecule has 28 heavy (non-hydrogen) atoms. The molecule has 1 aromatic heterocycles. The number of carbonyl (C=O) groups is 2. The molecule has 1 saturated carbocycles. The summed E-state index contributed by atoms with van der Waals surface area (Å²) in [6.07, 6.45) is 7.03. The Hall–Kier alpha value is -2.21. The van der Waals surface area contributed by atoms with Crippen molar-refractivity contribution in [3.05, 3.63) is 40.9 Å². The normalized spacial score (nSPS) is 21.8. The molecule has 0 spiro atoms. The number of esters is 1. The van der Waals surface area contributed by atoms with Crippen LogP contribution in [0.15, 0.2) is 30.3 Å². The van der Waals surface area contributed by atoms with Gasteiger partial charge in [0.2, 0.25) is 0 Å². The Labute approximate surface area is 169 Å². The lowest BCUT2D eigenvalue weighted by Crippen LogP contribution is -2.50. The van der Waals surface area contributed by atoms with Gasteiger partial charge in [0.25, 0.3) is 5.91 Å². The highest BCUT2D eigenvalue weighted by Crippen LogP contribution is 2.35. The summed E-state index contributed by atoms with van der Waals surface area (Å²) in [7, 11) is 0. The fraction of sp³-hybridized carbons (Fsp3) is 0.500. The molecule has 0 unspecified atom stereocenters. The zero-order chi connectivity index (χ0) is 19.5. The molecule has 2 aromatic rings. The SMILES string of the molecule is Cc1nc(-c2ccccc2)sc1C(=O)OCC(=O)N1CCC[C@@H]2CCCC[C@@H]21. The first-order chi connectivity index (χ1) is 13.6. The van der Waals surface area contributed by atoms with Crippen molar-refractivity contribution in [2.75, 3.05) is 13.2 Å². The minimum atomic E-state index is -0.456. The number of hydrogen-bond donors (Lipinski definition) is 0. The Bertz CT molecular complexity index is 847. The molecule has 1 aromatic carbocycles. The second-order valence-corrected chi connectivity index (χ2v) is 8.72. The Morgan fingerprint density at radius 3 is 2.71 bits per heavy atom. The number of ether oxygens (including phenoxy) is 1. The highest BCUT2D eigenvalue weighted by atomic mass is 32.1. The maximum Gasteiger partial charge on any atom is 0.350 e. The average molecular weight is 399 g/mol. The summed E-state index contributed by atoms with van der Waals surface area (Å²) in [5, 5.41) is 0.789. The van der Waals surface area contributed by atoms with Crippen LogP contribution >= 0.6 is 11.3 Å². The smallest absolute Gasteiger partial charge is 0.350 e. The molecule has 2 atom stereocenters. The Kier molecular flexibility index (Phi) is 5.76. The highest BCUT2D eigenvalue weighted by Gasteiger charge is 2.36. The number of hydrogen-bond acceptors (Lipinski definition) is 5. The van der Waals surface area contributed by atoms with Crippen molar-refractivity contribution < 1.29 is 14.3 Å². The number of carbonyl (C=O) groups excluding carboxylic acids is 2. The number of thiazole rings is 1. The van der Waals surface area contributed by atoms with Gasteiger partial charge in [-0.15, -0.1) is 11.3 Å². The number of fused-ring (bicyclic) bond motifs is 1.